The summed E-state index contributed by atoms with van der Waals surface area (Å²) in [6, 6.07) is 15.8. The van der Waals surface area contributed by atoms with E-state index in [1.807, 2.05) is 52.9 Å². The van der Waals surface area contributed by atoms with Crippen LogP contribution >= 0.6 is 0 Å². The number of nitrogens with zero attached hydrogens (tertiary/aromatic N) is 4. The SMILES string of the molecule is CC(COCc1ccccc1)c1nnc2cccc(COC(=O)N3CCOCC3)n12. The van der Waals surface area contributed by atoms with Crippen LogP contribution in [0.25, 0.3) is 5.65 Å². The Balaban J connectivity index is 1.41. The average molecular weight is 410 g/mol. The van der Waals surface area contributed by atoms with Crippen LogP contribution in [0.3, 0.4) is 0 Å². The van der Waals surface area contributed by atoms with E-state index >= 15 is 0 Å². The summed E-state index contributed by atoms with van der Waals surface area (Å²) in [5.74, 6) is 0.816. The molecule has 0 bridgehead atoms. The van der Waals surface area contributed by atoms with Crippen molar-refractivity contribution in [2.24, 2.45) is 0 Å². The summed E-state index contributed by atoms with van der Waals surface area (Å²) in [7, 11) is 0. The number of pyridine rings is 1. The van der Waals surface area contributed by atoms with Gasteiger partial charge in [-0.3, -0.25) is 4.40 Å². The third-order valence-corrected chi connectivity index (χ3v) is 5.07. The second-order valence-electron chi connectivity index (χ2n) is 7.32. The predicted molar refractivity (Wildman–Crippen MR) is 110 cm³/mol. The minimum absolute atomic E-state index is 0.0276. The number of rotatable bonds is 7. The molecule has 8 nitrogen and oxygen atoms in total. The Morgan fingerprint density at radius 2 is 1.87 bits per heavy atom. The van der Waals surface area contributed by atoms with Crippen LogP contribution in [0, 0.1) is 0 Å². The Morgan fingerprint density at radius 3 is 2.67 bits per heavy atom. The van der Waals surface area contributed by atoms with E-state index in [2.05, 4.69) is 17.1 Å². The first-order chi connectivity index (χ1) is 14.7. The molecule has 0 saturated carbocycles. The van der Waals surface area contributed by atoms with Gasteiger partial charge in [0.15, 0.2) is 5.65 Å². The first-order valence-electron chi connectivity index (χ1n) is 10.2. The molecule has 1 aliphatic heterocycles. The smallest absolute Gasteiger partial charge is 0.410 e. The zero-order valence-corrected chi connectivity index (χ0v) is 17.1. The number of carbonyl (C=O) groups excluding carboxylic acids is 1. The molecule has 3 aromatic rings. The summed E-state index contributed by atoms with van der Waals surface area (Å²) in [6.07, 6.45) is -0.329. The average Bonchev–Trinajstić information content (AvgIpc) is 3.24. The fraction of sp³-hybridized carbons (Fsp3) is 0.409. The molecule has 1 fully saturated rings. The van der Waals surface area contributed by atoms with Gasteiger partial charge in [-0.1, -0.05) is 43.3 Å². The lowest BCUT2D eigenvalue weighted by Crippen LogP contribution is -2.41. The normalized spacial score (nSPS) is 15.3. The van der Waals surface area contributed by atoms with Gasteiger partial charge in [-0.05, 0) is 17.7 Å². The molecular weight excluding hydrogens is 384 g/mol. The molecule has 1 aliphatic rings. The van der Waals surface area contributed by atoms with Crippen molar-refractivity contribution < 1.29 is 19.0 Å². The third-order valence-electron chi connectivity index (χ3n) is 5.07. The summed E-state index contributed by atoms with van der Waals surface area (Å²) in [5.41, 5.74) is 2.68. The minimum atomic E-state index is -0.329. The van der Waals surface area contributed by atoms with Gasteiger partial charge in [0, 0.05) is 19.0 Å². The number of hydrogen-bond acceptors (Lipinski definition) is 6. The molecule has 158 valence electrons. The van der Waals surface area contributed by atoms with Crippen LogP contribution in [0.5, 0.6) is 0 Å². The van der Waals surface area contributed by atoms with Crippen LogP contribution in [-0.2, 0) is 27.4 Å². The van der Waals surface area contributed by atoms with Crippen molar-refractivity contribution in [1.29, 1.82) is 0 Å². The molecular formula is C22H26N4O4. The number of benzene rings is 1. The van der Waals surface area contributed by atoms with Gasteiger partial charge < -0.3 is 19.1 Å². The number of ether oxygens (including phenoxy) is 3. The molecule has 1 saturated heterocycles. The highest BCUT2D eigenvalue weighted by Gasteiger charge is 2.20. The molecule has 1 aromatic carbocycles. The van der Waals surface area contributed by atoms with E-state index in [4.69, 9.17) is 14.2 Å². The number of carbonyl (C=O) groups is 1. The van der Waals surface area contributed by atoms with Gasteiger partial charge in [-0.15, -0.1) is 10.2 Å². The third kappa shape index (κ3) is 4.77. The van der Waals surface area contributed by atoms with E-state index in [9.17, 15) is 4.79 Å². The number of morpholine rings is 1. The van der Waals surface area contributed by atoms with Crippen LogP contribution in [0.2, 0.25) is 0 Å². The van der Waals surface area contributed by atoms with Gasteiger partial charge in [0.25, 0.3) is 0 Å². The highest BCUT2D eigenvalue weighted by atomic mass is 16.6. The molecule has 0 radical (unpaired) electrons. The fourth-order valence-corrected chi connectivity index (χ4v) is 3.44. The van der Waals surface area contributed by atoms with Crippen molar-refractivity contribution in [2.75, 3.05) is 32.9 Å². The van der Waals surface area contributed by atoms with Crippen molar-refractivity contribution in [3.63, 3.8) is 0 Å². The van der Waals surface area contributed by atoms with Crippen molar-refractivity contribution in [1.82, 2.24) is 19.5 Å². The second kappa shape index (κ2) is 9.69. The Hall–Kier alpha value is -2.97. The Morgan fingerprint density at radius 1 is 1.07 bits per heavy atom. The number of aromatic nitrogens is 3. The lowest BCUT2D eigenvalue weighted by atomic mass is 10.2. The zero-order valence-electron chi connectivity index (χ0n) is 17.1. The molecule has 0 spiro atoms. The summed E-state index contributed by atoms with van der Waals surface area (Å²) in [5, 5.41) is 8.64. The molecule has 8 heteroatoms. The highest BCUT2D eigenvalue weighted by Crippen LogP contribution is 2.19. The van der Waals surface area contributed by atoms with Gasteiger partial charge in [0.2, 0.25) is 0 Å². The molecule has 1 unspecified atom stereocenters. The maximum Gasteiger partial charge on any atom is 0.410 e. The number of fused-ring (bicyclic) bond motifs is 1. The number of amides is 1. The molecule has 1 atom stereocenters. The predicted octanol–water partition coefficient (Wildman–Crippen LogP) is 3.02. The largest absolute Gasteiger partial charge is 0.443 e. The van der Waals surface area contributed by atoms with E-state index in [-0.39, 0.29) is 18.6 Å². The van der Waals surface area contributed by atoms with Gasteiger partial charge in [-0.25, -0.2) is 4.79 Å². The van der Waals surface area contributed by atoms with Crippen molar-refractivity contribution in [3.8, 4) is 0 Å². The Kier molecular flexibility index (Phi) is 6.56. The quantitative estimate of drug-likeness (QED) is 0.596. The van der Waals surface area contributed by atoms with Gasteiger partial charge in [0.1, 0.15) is 12.4 Å². The van der Waals surface area contributed by atoms with Crippen molar-refractivity contribution in [3.05, 3.63) is 65.6 Å². The molecule has 30 heavy (non-hydrogen) atoms. The first kappa shape index (κ1) is 20.3. The van der Waals surface area contributed by atoms with E-state index in [0.717, 1.165) is 22.7 Å². The summed E-state index contributed by atoms with van der Waals surface area (Å²) < 4.78 is 18.7. The zero-order chi connectivity index (χ0) is 20.8. The molecule has 2 aromatic heterocycles. The van der Waals surface area contributed by atoms with Crippen LogP contribution in [-0.4, -0.2) is 58.5 Å². The molecule has 4 rings (SSSR count). The van der Waals surface area contributed by atoms with E-state index in [1.54, 1.807) is 4.90 Å². The summed E-state index contributed by atoms with van der Waals surface area (Å²) >= 11 is 0. The first-order valence-corrected chi connectivity index (χ1v) is 10.2. The molecule has 3 heterocycles. The van der Waals surface area contributed by atoms with E-state index in [0.29, 0.717) is 39.5 Å². The minimum Gasteiger partial charge on any atom is -0.443 e. The highest BCUT2D eigenvalue weighted by molar-refractivity contribution is 5.67. The van der Waals surface area contributed by atoms with Crippen molar-refractivity contribution in [2.45, 2.75) is 26.1 Å². The lowest BCUT2D eigenvalue weighted by molar-refractivity contribution is 0.0245. The van der Waals surface area contributed by atoms with Crippen LogP contribution in [0.4, 0.5) is 4.79 Å². The van der Waals surface area contributed by atoms with Crippen molar-refractivity contribution >= 4 is 11.7 Å². The van der Waals surface area contributed by atoms with Gasteiger partial charge in [-0.2, -0.15) is 0 Å². The summed E-state index contributed by atoms with van der Waals surface area (Å²) in [4.78, 5) is 14.0. The Bertz CT molecular complexity index is 970. The van der Waals surface area contributed by atoms with Crippen LogP contribution in [0.15, 0.2) is 48.5 Å². The standard InChI is InChI=1S/C22H26N4O4/c1-17(14-29-15-18-6-3-2-4-7-18)21-24-23-20-9-5-8-19(26(20)21)16-30-22(27)25-10-12-28-13-11-25/h2-9,17H,10-16H2,1H3. The second-order valence-corrected chi connectivity index (χ2v) is 7.32. The summed E-state index contributed by atoms with van der Waals surface area (Å²) in [6.45, 7) is 5.45. The van der Waals surface area contributed by atoms with E-state index < -0.39 is 0 Å². The monoisotopic (exact) mass is 410 g/mol. The molecule has 1 amide bonds. The van der Waals surface area contributed by atoms with Crippen LogP contribution < -0.4 is 0 Å². The lowest BCUT2D eigenvalue weighted by Gasteiger charge is -2.26. The fourth-order valence-electron chi connectivity index (χ4n) is 3.44. The van der Waals surface area contributed by atoms with Gasteiger partial charge >= 0.3 is 6.09 Å². The molecule has 0 N–H and O–H groups in total. The molecule has 0 aliphatic carbocycles. The maximum absolute atomic E-state index is 12.3. The topological polar surface area (TPSA) is 78.2 Å². The maximum atomic E-state index is 12.3. The van der Waals surface area contributed by atoms with Gasteiger partial charge in [0.05, 0.1) is 32.1 Å². The Labute approximate surface area is 175 Å². The van der Waals surface area contributed by atoms with E-state index in [1.165, 1.54) is 0 Å². The van der Waals surface area contributed by atoms with Crippen LogP contribution in [0.1, 0.15) is 29.9 Å². The number of hydrogen-bond donors (Lipinski definition) is 0.